The molecule has 0 fully saturated rings. The van der Waals surface area contributed by atoms with E-state index in [1.807, 2.05) is 0 Å². The van der Waals surface area contributed by atoms with E-state index < -0.39 is 0 Å². The van der Waals surface area contributed by atoms with E-state index in [0.29, 0.717) is 0 Å². The summed E-state index contributed by atoms with van der Waals surface area (Å²) >= 11 is 1.76. The molecule has 1 heterocycles. The van der Waals surface area contributed by atoms with Crippen LogP contribution in [0.15, 0.2) is 16.8 Å². The molecular formula is C10H17NOS. The van der Waals surface area contributed by atoms with Crippen LogP contribution in [0.3, 0.4) is 0 Å². The Morgan fingerprint density at radius 3 is 3.08 bits per heavy atom. The fraction of sp³-hybridized carbons (Fsp3) is 0.600. The molecular weight excluding hydrogens is 182 g/mol. The Morgan fingerprint density at radius 1 is 1.46 bits per heavy atom. The number of ether oxygens (including phenoxy) is 1. The molecule has 0 unspecified atom stereocenters. The average molecular weight is 199 g/mol. The SMILES string of the molecule is COCCCNCCc1ccsc1. The maximum absolute atomic E-state index is 4.96. The number of rotatable bonds is 7. The molecule has 1 N–H and O–H groups in total. The molecule has 1 aromatic heterocycles. The lowest BCUT2D eigenvalue weighted by molar-refractivity contribution is 0.194. The minimum Gasteiger partial charge on any atom is -0.385 e. The third kappa shape index (κ3) is 5.03. The van der Waals surface area contributed by atoms with Gasteiger partial charge in [0.2, 0.25) is 0 Å². The number of nitrogens with one attached hydrogen (secondary N) is 1. The summed E-state index contributed by atoms with van der Waals surface area (Å²) in [5.41, 5.74) is 1.43. The number of hydrogen-bond donors (Lipinski definition) is 1. The highest BCUT2D eigenvalue weighted by molar-refractivity contribution is 7.07. The molecule has 0 saturated heterocycles. The zero-order chi connectivity index (χ0) is 9.36. The molecule has 1 rings (SSSR count). The molecule has 0 aliphatic carbocycles. The molecule has 0 aliphatic rings. The fourth-order valence-corrected chi connectivity index (χ4v) is 1.84. The molecule has 0 aromatic carbocycles. The van der Waals surface area contributed by atoms with Crippen LogP contribution in [-0.4, -0.2) is 26.8 Å². The van der Waals surface area contributed by atoms with Crippen molar-refractivity contribution in [1.29, 1.82) is 0 Å². The average Bonchev–Trinajstić information content (AvgIpc) is 2.63. The van der Waals surface area contributed by atoms with Gasteiger partial charge in [0.15, 0.2) is 0 Å². The Morgan fingerprint density at radius 2 is 2.38 bits per heavy atom. The first-order valence-corrected chi connectivity index (χ1v) is 5.58. The van der Waals surface area contributed by atoms with E-state index in [1.54, 1.807) is 18.4 Å². The summed E-state index contributed by atoms with van der Waals surface area (Å²) in [6.07, 6.45) is 2.23. The van der Waals surface area contributed by atoms with Crippen molar-refractivity contribution in [1.82, 2.24) is 5.32 Å². The van der Waals surface area contributed by atoms with E-state index in [4.69, 9.17) is 4.74 Å². The summed E-state index contributed by atoms with van der Waals surface area (Å²) in [5, 5.41) is 7.71. The van der Waals surface area contributed by atoms with Crippen LogP contribution in [0.25, 0.3) is 0 Å². The van der Waals surface area contributed by atoms with Gasteiger partial charge in [0.05, 0.1) is 0 Å². The van der Waals surface area contributed by atoms with Crippen LogP contribution >= 0.6 is 11.3 Å². The highest BCUT2D eigenvalue weighted by Gasteiger charge is 1.92. The van der Waals surface area contributed by atoms with Crippen LogP contribution in [0.2, 0.25) is 0 Å². The van der Waals surface area contributed by atoms with Gasteiger partial charge in [-0.05, 0) is 48.3 Å². The van der Waals surface area contributed by atoms with E-state index in [1.165, 1.54) is 5.56 Å². The summed E-state index contributed by atoms with van der Waals surface area (Å²) in [6.45, 7) is 2.98. The molecule has 3 heteroatoms. The first-order chi connectivity index (χ1) is 6.43. The van der Waals surface area contributed by atoms with Gasteiger partial charge in [-0.2, -0.15) is 11.3 Å². The first-order valence-electron chi connectivity index (χ1n) is 4.64. The van der Waals surface area contributed by atoms with Crippen molar-refractivity contribution in [3.63, 3.8) is 0 Å². The Balaban J connectivity index is 1.90. The summed E-state index contributed by atoms with van der Waals surface area (Å²) in [6, 6.07) is 2.18. The lowest BCUT2D eigenvalue weighted by atomic mass is 10.2. The Hall–Kier alpha value is -0.380. The lowest BCUT2D eigenvalue weighted by Gasteiger charge is -2.02. The maximum Gasteiger partial charge on any atom is 0.0474 e. The van der Waals surface area contributed by atoms with Gasteiger partial charge in [0.1, 0.15) is 0 Å². The molecule has 13 heavy (non-hydrogen) atoms. The van der Waals surface area contributed by atoms with Gasteiger partial charge in [-0.25, -0.2) is 0 Å². The van der Waals surface area contributed by atoms with Crippen molar-refractivity contribution in [2.75, 3.05) is 26.8 Å². The normalized spacial score (nSPS) is 10.5. The van der Waals surface area contributed by atoms with Crippen LogP contribution in [0, 0.1) is 0 Å². The van der Waals surface area contributed by atoms with Crippen LogP contribution in [0.1, 0.15) is 12.0 Å². The van der Waals surface area contributed by atoms with E-state index in [-0.39, 0.29) is 0 Å². The number of hydrogen-bond acceptors (Lipinski definition) is 3. The minimum atomic E-state index is 0.853. The highest BCUT2D eigenvalue weighted by Crippen LogP contribution is 2.05. The minimum absolute atomic E-state index is 0.853. The maximum atomic E-state index is 4.96. The third-order valence-corrected chi connectivity index (χ3v) is 2.60. The van der Waals surface area contributed by atoms with Crippen molar-refractivity contribution >= 4 is 11.3 Å². The smallest absolute Gasteiger partial charge is 0.0474 e. The second-order valence-electron chi connectivity index (χ2n) is 2.98. The monoisotopic (exact) mass is 199 g/mol. The van der Waals surface area contributed by atoms with E-state index in [2.05, 4.69) is 22.1 Å². The van der Waals surface area contributed by atoms with Crippen molar-refractivity contribution in [3.8, 4) is 0 Å². The van der Waals surface area contributed by atoms with Crippen LogP contribution < -0.4 is 5.32 Å². The highest BCUT2D eigenvalue weighted by atomic mass is 32.1. The van der Waals surface area contributed by atoms with Crippen molar-refractivity contribution < 1.29 is 4.74 Å². The second-order valence-corrected chi connectivity index (χ2v) is 3.76. The molecule has 0 amide bonds. The van der Waals surface area contributed by atoms with Gasteiger partial charge in [0, 0.05) is 13.7 Å². The molecule has 0 atom stereocenters. The molecule has 74 valence electrons. The zero-order valence-corrected chi connectivity index (χ0v) is 8.90. The second kappa shape index (κ2) is 7.06. The molecule has 1 aromatic rings. The first kappa shape index (κ1) is 10.7. The summed E-state index contributed by atoms with van der Waals surface area (Å²) in [5.74, 6) is 0. The number of thiophene rings is 1. The van der Waals surface area contributed by atoms with Gasteiger partial charge in [-0.15, -0.1) is 0 Å². The largest absolute Gasteiger partial charge is 0.385 e. The van der Waals surface area contributed by atoms with Gasteiger partial charge in [-0.1, -0.05) is 0 Å². The lowest BCUT2D eigenvalue weighted by Crippen LogP contribution is -2.19. The van der Waals surface area contributed by atoms with Gasteiger partial charge >= 0.3 is 0 Å². The van der Waals surface area contributed by atoms with Gasteiger partial charge in [0.25, 0.3) is 0 Å². The fourth-order valence-electron chi connectivity index (χ4n) is 1.13. The zero-order valence-electron chi connectivity index (χ0n) is 8.08. The molecule has 0 bridgehead atoms. The van der Waals surface area contributed by atoms with E-state index in [9.17, 15) is 0 Å². The molecule has 0 spiro atoms. The van der Waals surface area contributed by atoms with Crippen LogP contribution in [-0.2, 0) is 11.2 Å². The van der Waals surface area contributed by atoms with Gasteiger partial charge < -0.3 is 10.1 Å². The quantitative estimate of drug-likeness (QED) is 0.677. The third-order valence-electron chi connectivity index (χ3n) is 1.87. The molecule has 0 radical (unpaired) electrons. The molecule has 0 aliphatic heterocycles. The van der Waals surface area contributed by atoms with Crippen molar-refractivity contribution in [2.24, 2.45) is 0 Å². The Bertz CT molecular complexity index is 199. The van der Waals surface area contributed by atoms with E-state index in [0.717, 1.165) is 32.5 Å². The summed E-state index contributed by atoms with van der Waals surface area (Å²) < 4.78 is 4.96. The predicted molar refractivity (Wildman–Crippen MR) is 57.4 cm³/mol. The van der Waals surface area contributed by atoms with Crippen LogP contribution in [0.4, 0.5) is 0 Å². The Kier molecular flexibility index (Phi) is 5.81. The molecule has 0 saturated carbocycles. The summed E-state index contributed by atoms with van der Waals surface area (Å²) in [4.78, 5) is 0. The van der Waals surface area contributed by atoms with Crippen molar-refractivity contribution in [2.45, 2.75) is 12.8 Å². The molecule has 2 nitrogen and oxygen atoms in total. The van der Waals surface area contributed by atoms with E-state index >= 15 is 0 Å². The predicted octanol–water partition coefficient (Wildman–Crippen LogP) is 1.92. The number of methoxy groups -OCH3 is 1. The van der Waals surface area contributed by atoms with Gasteiger partial charge in [-0.3, -0.25) is 0 Å². The standard InChI is InChI=1S/C10H17NOS/c1-12-7-2-5-11-6-3-10-4-8-13-9-10/h4,8-9,11H,2-3,5-7H2,1H3. The van der Waals surface area contributed by atoms with Crippen molar-refractivity contribution in [3.05, 3.63) is 22.4 Å². The Labute approximate surface area is 83.9 Å². The topological polar surface area (TPSA) is 21.3 Å². The van der Waals surface area contributed by atoms with Crippen LogP contribution in [0.5, 0.6) is 0 Å². The summed E-state index contributed by atoms with van der Waals surface area (Å²) in [7, 11) is 1.74.